The number of carbonyl (C=O) groups excluding carboxylic acids is 1. The van der Waals surface area contributed by atoms with Crippen LogP contribution in [0.3, 0.4) is 0 Å². The van der Waals surface area contributed by atoms with E-state index >= 15 is 0 Å². The zero-order chi connectivity index (χ0) is 14.9. The molecule has 0 unspecified atom stereocenters. The fourth-order valence-electron chi connectivity index (χ4n) is 2.54. The van der Waals surface area contributed by atoms with Gasteiger partial charge in [0.1, 0.15) is 5.82 Å². The van der Waals surface area contributed by atoms with Gasteiger partial charge >= 0.3 is 0 Å². The van der Waals surface area contributed by atoms with Gasteiger partial charge in [-0.05, 0) is 37.5 Å². The maximum Gasteiger partial charge on any atom is 0.230 e. The molecule has 110 valence electrons. The molecule has 0 bridgehead atoms. The van der Waals surface area contributed by atoms with Crippen LogP contribution in [-0.2, 0) is 16.6 Å². The van der Waals surface area contributed by atoms with Crippen molar-refractivity contribution in [1.82, 2.24) is 10.3 Å². The van der Waals surface area contributed by atoms with Crippen LogP contribution in [0.2, 0.25) is 0 Å². The van der Waals surface area contributed by atoms with Crippen molar-refractivity contribution in [3.8, 4) is 0 Å². The number of nitrogens with zero attached hydrogens (tertiary/aromatic N) is 1. The summed E-state index contributed by atoms with van der Waals surface area (Å²) in [6.07, 6.45) is 2.41. The summed E-state index contributed by atoms with van der Waals surface area (Å²) in [7, 11) is 0. The molecule has 21 heavy (non-hydrogen) atoms. The molecule has 0 aliphatic heterocycles. The molecule has 1 aliphatic rings. The van der Waals surface area contributed by atoms with Crippen molar-refractivity contribution >= 4 is 17.2 Å². The van der Waals surface area contributed by atoms with Crippen LogP contribution in [0.25, 0.3) is 0 Å². The summed E-state index contributed by atoms with van der Waals surface area (Å²) in [6.45, 7) is 2.56. The lowest BCUT2D eigenvalue weighted by molar-refractivity contribution is -0.123. The minimum Gasteiger partial charge on any atom is -0.355 e. The number of amides is 1. The van der Waals surface area contributed by atoms with Gasteiger partial charge in [0.05, 0.1) is 16.1 Å². The number of carbonyl (C=O) groups is 1. The van der Waals surface area contributed by atoms with Gasteiger partial charge in [0, 0.05) is 18.3 Å². The highest BCUT2D eigenvalue weighted by atomic mass is 32.1. The Balaban J connectivity index is 1.59. The number of nitrogens with one attached hydrogen (secondary N) is 1. The van der Waals surface area contributed by atoms with Crippen LogP contribution >= 0.6 is 11.3 Å². The Morgan fingerprint density at radius 3 is 2.67 bits per heavy atom. The normalized spacial score (nSPS) is 15.7. The predicted octanol–water partition coefficient (Wildman–Crippen LogP) is 2.98. The summed E-state index contributed by atoms with van der Waals surface area (Å²) in [6, 6.07) is 6.26. The summed E-state index contributed by atoms with van der Waals surface area (Å²) < 4.78 is 13.0. The van der Waals surface area contributed by atoms with Crippen molar-refractivity contribution < 1.29 is 9.18 Å². The first-order valence-corrected chi connectivity index (χ1v) is 7.93. The van der Waals surface area contributed by atoms with Gasteiger partial charge in [-0.25, -0.2) is 9.37 Å². The second-order valence-corrected chi connectivity index (χ2v) is 6.51. The Kier molecular flexibility index (Phi) is 3.76. The van der Waals surface area contributed by atoms with E-state index in [4.69, 9.17) is 0 Å². The van der Waals surface area contributed by atoms with Gasteiger partial charge in [-0.3, -0.25) is 4.79 Å². The van der Waals surface area contributed by atoms with Gasteiger partial charge in [-0.15, -0.1) is 11.3 Å². The molecule has 1 fully saturated rings. The van der Waals surface area contributed by atoms with E-state index in [0.29, 0.717) is 6.54 Å². The van der Waals surface area contributed by atoms with Gasteiger partial charge in [0.15, 0.2) is 0 Å². The fraction of sp³-hybridized carbons (Fsp3) is 0.375. The van der Waals surface area contributed by atoms with Crippen molar-refractivity contribution in [2.45, 2.75) is 31.6 Å². The van der Waals surface area contributed by atoms with Gasteiger partial charge < -0.3 is 5.32 Å². The summed E-state index contributed by atoms with van der Waals surface area (Å²) in [5.74, 6) is -0.227. The van der Waals surface area contributed by atoms with E-state index < -0.39 is 5.41 Å². The number of thiazole rings is 1. The molecule has 2 aromatic rings. The topological polar surface area (TPSA) is 42.0 Å². The minimum absolute atomic E-state index is 0.0426. The smallest absolute Gasteiger partial charge is 0.230 e. The lowest BCUT2D eigenvalue weighted by Crippen LogP contribution is -2.36. The molecular weight excluding hydrogens is 287 g/mol. The van der Waals surface area contributed by atoms with Crippen molar-refractivity contribution in [2.75, 3.05) is 6.54 Å². The monoisotopic (exact) mass is 304 g/mol. The molecule has 0 spiro atoms. The van der Waals surface area contributed by atoms with Gasteiger partial charge in [-0.2, -0.15) is 0 Å². The Morgan fingerprint density at radius 2 is 2.10 bits per heavy atom. The standard InChI is InChI=1S/C16H17FN2OS/c1-11-19-14(10-21-11)6-9-18-15(20)16(7-8-16)12-2-4-13(17)5-3-12/h2-5,10H,6-9H2,1H3,(H,18,20). The number of rotatable bonds is 5. The van der Waals surface area contributed by atoms with E-state index in [0.717, 1.165) is 35.5 Å². The van der Waals surface area contributed by atoms with E-state index in [1.54, 1.807) is 23.5 Å². The lowest BCUT2D eigenvalue weighted by atomic mass is 9.95. The summed E-state index contributed by atoms with van der Waals surface area (Å²) in [5.41, 5.74) is 1.49. The Bertz CT molecular complexity index is 647. The van der Waals surface area contributed by atoms with Crippen molar-refractivity contribution in [3.05, 3.63) is 51.7 Å². The molecule has 1 aromatic carbocycles. The second-order valence-electron chi connectivity index (χ2n) is 5.45. The molecule has 1 amide bonds. The largest absolute Gasteiger partial charge is 0.355 e. The van der Waals surface area contributed by atoms with E-state index in [-0.39, 0.29) is 11.7 Å². The first-order chi connectivity index (χ1) is 10.1. The molecular formula is C16H17FN2OS. The molecule has 1 aliphatic carbocycles. The van der Waals surface area contributed by atoms with E-state index in [1.165, 1.54) is 12.1 Å². The van der Waals surface area contributed by atoms with Crippen molar-refractivity contribution in [2.24, 2.45) is 0 Å². The van der Waals surface area contributed by atoms with Crippen LogP contribution in [0.15, 0.2) is 29.6 Å². The zero-order valence-corrected chi connectivity index (χ0v) is 12.7. The summed E-state index contributed by atoms with van der Waals surface area (Å²) in [5, 5.41) is 6.05. The predicted molar refractivity (Wildman–Crippen MR) is 80.9 cm³/mol. The maximum atomic E-state index is 13.0. The molecule has 5 heteroatoms. The molecule has 0 radical (unpaired) electrons. The number of hydrogen-bond donors (Lipinski definition) is 1. The minimum atomic E-state index is -0.439. The first kappa shape index (κ1) is 14.2. The van der Waals surface area contributed by atoms with Gasteiger partial charge in [-0.1, -0.05) is 12.1 Å². The highest BCUT2D eigenvalue weighted by Gasteiger charge is 2.50. The molecule has 1 aromatic heterocycles. The Hall–Kier alpha value is -1.75. The third kappa shape index (κ3) is 2.97. The average molecular weight is 304 g/mol. The third-order valence-electron chi connectivity index (χ3n) is 3.91. The Morgan fingerprint density at radius 1 is 1.38 bits per heavy atom. The second kappa shape index (κ2) is 5.56. The highest BCUT2D eigenvalue weighted by Crippen LogP contribution is 2.48. The molecule has 1 N–H and O–H groups in total. The van der Waals surface area contributed by atoms with Crippen LogP contribution in [0, 0.1) is 12.7 Å². The molecule has 3 nitrogen and oxygen atoms in total. The number of halogens is 1. The number of aromatic nitrogens is 1. The van der Waals surface area contributed by atoms with Crippen molar-refractivity contribution in [1.29, 1.82) is 0 Å². The van der Waals surface area contributed by atoms with Crippen LogP contribution < -0.4 is 5.32 Å². The number of aryl methyl sites for hydroxylation is 1. The third-order valence-corrected chi connectivity index (χ3v) is 4.74. The van der Waals surface area contributed by atoms with Crippen LogP contribution in [-0.4, -0.2) is 17.4 Å². The first-order valence-electron chi connectivity index (χ1n) is 7.05. The van der Waals surface area contributed by atoms with E-state index in [1.807, 2.05) is 12.3 Å². The highest BCUT2D eigenvalue weighted by molar-refractivity contribution is 7.09. The molecule has 0 atom stereocenters. The molecule has 3 rings (SSSR count). The summed E-state index contributed by atoms with van der Waals surface area (Å²) in [4.78, 5) is 16.8. The van der Waals surface area contributed by atoms with Crippen LogP contribution in [0.4, 0.5) is 4.39 Å². The van der Waals surface area contributed by atoms with Crippen molar-refractivity contribution in [3.63, 3.8) is 0 Å². The molecule has 1 heterocycles. The average Bonchev–Trinajstić information content (AvgIpc) is 3.18. The Labute approximate surface area is 127 Å². The van der Waals surface area contributed by atoms with Gasteiger partial charge in [0.25, 0.3) is 0 Å². The van der Waals surface area contributed by atoms with Gasteiger partial charge in [0.2, 0.25) is 5.91 Å². The fourth-order valence-corrected chi connectivity index (χ4v) is 3.18. The quantitative estimate of drug-likeness (QED) is 0.922. The van der Waals surface area contributed by atoms with E-state index in [2.05, 4.69) is 10.3 Å². The van der Waals surface area contributed by atoms with Crippen LogP contribution in [0.5, 0.6) is 0 Å². The maximum absolute atomic E-state index is 13.0. The number of hydrogen-bond acceptors (Lipinski definition) is 3. The molecule has 1 saturated carbocycles. The van der Waals surface area contributed by atoms with E-state index in [9.17, 15) is 9.18 Å². The number of benzene rings is 1. The van der Waals surface area contributed by atoms with Crippen LogP contribution in [0.1, 0.15) is 29.1 Å². The zero-order valence-electron chi connectivity index (χ0n) is 11.9. The molecule has 0 saturated heterocycles. The lowest BCUT2D eigenvalue weighted by Gasteiger charge is -2.15. The summed E-state index contributed by atoms with van der Waals surface area (Å²) >= 11 is 1.62. The SMILES string of the molecule is Cc1nc(CCNC(=O)C2(c3ccc(F)cc3)CC2)cs1.